The van der Waals surface area contributed by atoms with Crippen LogP contribution in [0.5, 0.6) is 0 Å². The number of aromatic nitrogens is 1. The lowest BCUT2D eigenvalue weighted by Crippen LogP contribution is -2.41. The van der Waals surface area contributed by atoms with Gasteiger partial charge in [-0.3, -0.25) is 14.8 Å². The minimum absolute atomic E-state index is 0.0830. The van der Waals surface area contributed by atoms with Crippen LogP contribution in [0, 0.1) is 11.6 Å². The van der Waals surface area contributed by atoms with Gasteiger partial charge in [0.25, 0.3) is 5.91 Å². The lowest BCUT2D eigenvalue weighted by molar-refractivity contribution is 0.0936. The average Bonchev–Trinajstić information content (AvgIpc) is 2.68. The number of nitrogens with zero attached hydrogens (tertiary/aromatic N) is 2. The predicted molar refractivity (Wildman–Crippen MR) is 99.1 cm³/mol. The average molecular weight is 370 g/mol. The fourth-order valence-electron chi connectivity index (χ4n) is 3.07. The van der Waals surface area contributed by atoms with E-state index in [0.717, 1.165) is 24.6 Å². The molecule has 1 aromatic carbocycles. The molecule has 27 heavy (non-hydrogen) atoms. The number of amides is 1. The third-order valence-electron chi connectivity index (χ3n) is 4.45. The van der Waals surface area contributed by atoms with E-state index in [1.165, 1.54) is 18.3 Å². The van der Waals surface area contributed by atoms with Crippen LogP contribution >= 0.6 is 0 Å². The number of aliphatic imine (C=N–C) groups is 1. The molecule has 5 nitrogen and oxygen atoms in total. The molecule has 140 valence electrons. The molecule has 0 radical (unpaired) electrons. The first-order valence-electron chi connectivity index (χ1n) is 8.70. The topological polar surface area (TPSA) is 80.4 Å². The molecule has 0 saturated heterocycles. The number of halogens is 2. The number of nitrogens with two attached hydrogens (primary N) is 1. The maximum atomic E-state index is 13.8. The summed E-state index contributed by atoms with van der Waals surface area (Å²) in [7, 11) is 0. The third-order valence-corrected chi connectivity index (χ3v) is 4.45. The number of rotatable bonds is 4. The summed E-state index contributed by atoms with van der Waals surface area (Å²) in [6, 6.07) is 8.25. The zero-order valence-corrected chi connectivity index (χ0v) is 14.7. The molecule has 1 aliphatic rings. The normalized spacial score (nSPS) is 20.0. The van der Waals surface area contributed by atoms with Crippen LogP contribution in [0.2, 0.25) is 0 Å². The molecule has 1 heterocycles. The summed E-state index contributed by atoms with van der Waals surface area (Å²) in [5.41, 5.74) is 7.85. The summed E-state index contributed by atoms with van der Waals surface area (Å²) in [5, 5.41) is 2.93. The van der Waals surface area contributed by atoms with Crippen molar-refractivity contribution in [2.24, 2.45) is 10.7 Å². The molecule has 1 aromatic heterocycles. The van der Waals surface area contributed by atoms with E-state index in [4.69, 9.17) is 5.73 Å². The largest absolute Gasteiger partial charge is 0.404 e. The van der Waals surface area contributed by atoms with Gasteiger partial charge in [-0.05, 0) is 37.5 Å². The fraction of sp³-hybridized carbons (Fsp3) is 0.250. The van der Waals surface area contributed by atoms with Gasteiger partial charge in [0.15, 0.2) is 0 Å². The highest BCUT2D eigenvalue weighted by Crippen LogP contribution is 2.23. The Bertz CT molecular complexity index is 881. The number of nitrogens with one attached hydrogen (secondary N) is 1. The smallest absolute Gasteiger partial charge is 0.270 e. The number of benzene rings is 1. The molecular formula is C20H20F2N4O. The molecule has 0 spiro atoms. The molecule has 1 unspecified atom stereocenters. The van der Waals surface area contributed by atoms with Crippen molar-refractivity contribution in [3.8, 4) is 0 Å². The van der Waals surface area contributed by atoms with Crippen molar-refractivity contribution in [2.75, 3.05) is 0 Å². The third kappa shape index (κ3) is 4.55. The zero-order chi connectivity index (χ0) is 19.2. The summed E-state index contributed by atoms with van der Waals surface area (Å²) < 4.78 is 26.8. The Morgan fingerprint density at radius 2 is 2.19 bits per heavy atom. The van der Waals surface area contributed by atoms with Crippen LogP contribution < -0.4 is 11.1 Å². The molecule has 1 aliphatic carbocycles. The highest BCUT2D eigenvalue weighted by atomic mass is 19.1. The van der Waals surface area contributed by atoms with Crippen molar-refractivity contribution >= 4 is 11.6 Å². The van der Waals surface area contributed by atoms with Gasteiger partial charge in [-0.25, -0.2) is 8.78 Å². The van der Waals surface area contributed by atoms with Crippen molar-refractivity contribution in [1.82, 2.24) is 10.3 Å². The Labute approximate surface area is 156 Å². The SMILES string of the molecule is N/C=C1\C(=NCc2ccc(F)cc2F)CCCC1NC(=O)c1ccccn1. The van der Waals surface area contributed by atoms with Gasteiger partial charge in [-0.15, -0.1) is 0 Å². The van der Waals surface area contributed by atoms with Crippen LogP contribution in [0.25, 0.3) is 0 Å². The van der Waals surface area contributed by atoms with E-state index < -0.39 is 11.6 Å². The van der Waals surface area contributed by atoms with Crippen molar-refractivity contribution in [3.63, 3.8) is 0 Å². The Morgan fingerprint density at radius 1 is 1.33 bits per heavy atom. The van der Waals surface area contributed by atoms with Crippen LogP contribution in [0.4, 0.5) is 8.78 Å². The van der Waals surface area contributed by atoms with Crippen molar-refractivity contribution in [3.05, 3.63) is 77.3 Å². The highest BCUT2D eigenvalue weighted by molar-refractivity contribution is 6.03. The van der Waals surface area contributed by atoms with E-state index in [9.17, 15) is 13.6 Å². The van der Waals surface area contributed by atoms with Crippen molar-refractivity contribution in [1.29, 1.82) is 0 Å². The van der Waals surface area contributed by atoms with E-state index in [1.807, 2.05) is 0 Å². The Balaban J connectivity index is 1.74. The van der Waals surface area contributed by atoms with Crippen LogP contribution in [-0.4, -0.2) is 22.6 Å². The van der Waals surface area contributed by atoms with Gasteiger partial charge in [0.1, 0.15) is 17.3 Å². The molecular weight excluding hydrogens is 350 g/mol. The van der Waals surface area contributed by atoms with Gasteiger partial charge >= 0.3 is 0 Å². The molecule has 0 bridgehead atoms. The van der Waals surface area contributed by atoms with Gasteiger partial charge in [-0.1, -0.05) is 12.1 Å². The summed E-state index contributed by atoms with van der Waals surface area (Å²) in [6.07, 6.45) is 5.21. The zero-order valence-electron chi connectivity index (χ0n) is 14.7. The van der Waals surface area contributed by atoms with E-state index in [-0.39, 0.29) is 18.5 Å². The van der Waals surface area contributed by atoms with Crippen LogP contribution in [0.15, 0.2) is 59.4 Å². The van der Waals surface area contributed by atoms with E-state index >= 15 is 0 Å². The molecule has 1 saturated carbocycles. The molecule has 7 heteroatoms. The lowest BCUT2D eigenvalue weighted by Gasteiger charge is -2.27. The second kappa shape index (κ2) is 8.53. The second-order valence-electron chi connectivity index (χ2n) is 6.25. The fourth-order valence-corrected chi connectivity index (χ4v) is 3.07. The summed E-state index contributed by atoms with van der Waals surface area (Å²) >= 11 is 0. The minimum atomic E-state index is -0.631. The summed E-state index contributed by atoms with van der Waals surface area (Å²) in [6.45, 7) is 0.0830. The van der Waals surface area contributed by atoms with E-state index in [0.29, 0.717) is 23.3 Å². The molecule has 1 fully saturated rings. The maximum Gasteiger partial charge on any atom is 0.270 e. The molecule has 3 N–H and O–H groups in total. The lowest BCUT2D eigenvalue weighted by atomic mass is 9.88. The number of carbonyl (C=O) groups is 1. The second-order valence-corrected chi connectivity index (χ2v) is 6.25. The summed E-state index contributed by atoms with van der Waals surface area (Å²) in [4.78, 5) is 20.9. The van der Waals surface area contributed by atoms with E-state index in [2.05, 4.69) is 15.3 Å². The van der Waals surface area contributed by atoms with Crippen molar-refractivity contribution in [2.45, 2.75) is 31.8 Å². The van der Waals surface area contributed by atoms with Crippen LogP contribution in [-0.2, 0) is 6.54 Å². The quantitative estimate of drug-likeness (QED) is 0.868. The first-order valence-corrected chi connectivity index (χ1v) is 8.70. The predicted octanol–water partition coefficient (Wildman–Crippen LogP) is 3.13. The van der Waals surface area contributed by atoms with Crippen LogP contribution in [0.3, 0.4) is 0 Å². The van der Waals surface area contributed by atoms with Gasteiger partial charge in [0.05, 0.1) is 12.6 Å². The van der Waals surface area contributed by atoms with E-state index in [1.54, 1.807) is 24.4 Å². The van der Waals surface area contributed by atoms with Gasteiger partial charge in [-0.2, -0.15) is 0 Å². The summed E-state index contributed by atoms with van der Waals surface area (Å²) in [5.74, 6) is -1.54. The minimum Gasteiger partial charge on any atom is -0.404 e. The first-order chi connectivity index (χ1) is 13.1. The van der Waals surface area contributed by atoms with Crippen LogP contribution in [0.1, 0.15) is 35.3 Å². The standard InChI is InChI=1S/C20H20F2N4O/c21-14-8-7-13(16(22)10-14)12-25-17-5-3-6-18(15(17)11-23)26-20(27)19-4-1-2-9-24-19/h1-2,4,7-11,18H,3,5-6,12,23H2,(H,26,27)/b15-11+,25-17?. The maximum absolute atomic E-state index is 13.8. The molecule has 1 amide bonds. The number of carbonyl (C=O) groups excluding carboxylic acids is 1. The van der Waals surface area contributed by atoms with Crippen molar-refractivity contribution < 1.29 is 13.6 Å². The van der Waals surface area contributed by atoms with Gasteiger partial charge < -0.3 is 11.1 Å². The first kappa shape index (κ1) is 18.7. The molecule has 1 atom stereocenters. The molecule has 2 aromatic rings. The number of hydrogen-bond acceptors (Lipinski definition) is 4. The Kier molecular flexibility index (Phi) is 5.90. The van der Waals surface area contributed by atoms with Gasteiger partial charge in [0, 0.05) is 35.3 Å². The highest BCUT2D eigenvalue weighted by Gasteiger charge is 2.26. The Morgan fingerprint density at radius 3 is 2.89 bits per heavy atom. The molecule has 3 rings (SSSR count). The molecule has 0 aliphatic heterocycles. The Hall–Kier alpha value is -3.09. The van der Waals surface area contributed by atoms with Gasteiger partial charge in [0.2, 0.25) is 0 Å². The number of pyridine rings is 1. The monoisotopic (exact) mass is 370 g/mol. The number of hydrogen-bond donors (Lipinski definition) is 2.